The van der Waals surface area contributed by atoms with Crippen molar-refractivity contribution in [2.45, 2.75) is 20.8 Å². The monoisotopic (exact) mass is 330 g/mol. The Bertz CT molecular complexity index is 820. The number of fused-ring (bicyclic) bond motifs is 1. The van der Waals surface area contributed by atoms with Gasteiger partial charge in [-0.25, -0.2) is 0 Å². The molecule has 0 aliphatic carbocycles. The standard InChI is InChI=1S/C15H15BrN4/c1-8-4-5-11(6-9(8)2)20-18-12-7-10(3)14(17)13(16)15(12)19-20/h4-7H,17H2,1-3H3. The van der Waals surface area contributed by atoms with Gasteiger partial charge in [0.05, 0.1) is 15.8 Å². The van der Waals surface area contributed by atoms with Crippen LogP contribution >= 0.6 is 15.9 Å². The fraction of sp³-hybridized carbons (Fsp3) is 0.200. The van der Waals surface area contributed by atoms with Gasteiger partial charge in [0.1, 0.15) is 11.0 Å². The summed E-state index contributed by atoms with van der Waals surface area (Å²) in [5, 5.41) is 9.07. The van der Waals surface area contributed by atoms with Gasteiger partial charge in [-0.3, -0.25) is 0 Å². The number of nitrogens with two attached hydrogens (primary N) is 1. The second kappa shape index (κ2) is 4.59. The lowest BCUT2D eigenvalue weighted by molar-refractivity contribution is 0.764. The van der Waals surface area contributed by atoms with Crippen LogP contribution in [0.3, 0.4) is 0 Å². The minimum Gasteiger partial charge on any atom is -0.398 e. The first-order valence-corrected chi connectivity index (χ1v) is 7.16. The molecule has 0 aliphatic rings. The van der Waals surface area contributed by atoms with Gasteiger partial charge in [0.2, 0.25) is 0 Å². The first kappa shape index (κ1) is 13.1. The highest BCUT2D eigenvalue weighted by atomic mass is 79.9. The predicted molar refractivity (Wildman–Crippen MR) is 85.2 cm³/mol. The van der Waals surface area contributed by atoms with E-state index < -0.39 is 0 Å². The second-order valence-electron chi connectivity index (χ2n) is 5.05. The van der Waals surface area contributed by atoms with E-state index in [1.54, 1.807) is 4.80 Å². The fourth-order valence-electron chi connectivity index (χ4n) is 2.12. The summed E-state index contributed by atoms with van der Waals surface area (Å²) in [5.41, 5.74) is 12.8. The third-order valence-electron chi connectivity index (χ3n) is 3.58. The van der Waals surface area contributed by atoms with E-state index in [1.165, 1.54) is 11.1 Å². The van der Waals surface area contributed by atoms with Crippen LogP contribution in [0.1, 0.15) is 16.7 Å². The van der Waals surface area contributed by atoms with E-state index in [-0.39, 0.29) is 0 Å². The third-order valence-corrected chi connectivity index (χ3v) is 4.39. The number of halogens is 1. The van der Waals surface area contributed by atoms with E-state index in [0.29, 0.717) is 5.69 Å². The summed E-state index contributed by atoms with van der Waals surface area (Å²) in [7, 11) is 0. The molecule has 2 N–H and O–H groups in total. The topological polar surface area (TPSA) is 56.7 Å². The van der Waals surface area contributed by atoms with Crippen LogP contribution in [0, 0.1) is 20.8 Å². The number of aryl methyl sites for hydroxylation is 3. The number of anilines is 1. The van der Waals surface area contributed by atoms with Crippen LogP contribution < -0.4 is 5.73 Å². The molecular weight excluding hydrogens is 316 g/mol. The molecule has 1 heterocycles. The average molecular weight is 331 g/mol. The van der Waals surface area contributed by atoms with E-state index in [0.717, 1.165) is 26.8 Å². The van der Waals surface area contributed by atoms with Crippen LogP contribution in [0.15, 0.2) is 28.7 Å². The second-order valence-corrected chi connectivity index (χ2v) is 5.84. The van der Waals surface area contributed by atoms with Gasteiger partial charge >= 0.3 is 0 Å². The molecule has 2 aromatic carbocycles. The van der Waals surface area contributed by atoms with Crippen molar-refractivity contribution in [1.82, 2.24) is 15.0 Å². The maximum atomic E-state index is 6.02. The molecule has 20 heavy (non-hydrogen) atoms. The van der Waals surface area contributed by atoms with Crippen LogP contribution in [-0.4, -0.2) is 15.0 Å². The van der Waals surface area contributed by atoms with Crippen LogP contribution in [0.4, 0.5) is 5.69 Å². The van der Waals surface area contributed by atoms with Crippen molar-refractivity contribution in [2.24, 2.45) is 0 Å². The summed E-state index contributed by atoms with van der Waals surface area (Å²) >= 11 is 3.50. The number of benzene rings is 2. The molecule has 5 heteroatoms. The SMILES string of the molecule is Cc1ccc(-n2nc3cc(C)c(N)c(Br)c3n2)cc1C. The van der Waals surface area contributed by atoms with Crippen LogP contribution in [0.2, 0.25) is 0 Å². The number of nitrogen functional groups attached to an aromatic ring is 1. The minimum absolute atomic E-state index is 0.713. The highest BCUT2D eigenvalue weighted by Crippen LogP contribution is 2.30. The van der Waals surface area contributed by atoms with Gasteiger partial charge < -0.3 is 5.73 Å². The lowest BCUT2D eigenvalue weighted by Gasteiger charge is -2.03. The van der Waals surface area contributed by atoms with Crippen LogP contribution in [0.5, 0.6) is 0 Å². The molecular formula is C15H15BrN4. The molecule has 0 bridgehead atoms. The molecule has 0 atom stereocenters. The van der Waals surface area contributed by atoms with E-state index >= 15 is 0 Å². The van der Waals surface area contributed by atoms with Crippen molar-refractivity contribution in [2.75, 3.05) is 5.73 Å². The Morgan fingerprint density at radius 3 is 2.45 bits per heavy atom. The predicted octanol–water partition coefficient (Wildman–Crippen LogP) is 3.69. The largest absolute Gasteiger partial charge is 0.398 e. The van der Waals surface area contributed by atoms with Crippen molar-refractivity contribution in [1.29, 1.82) is 0 Å². The summed E-state index contributed by atoms with van der Waals surface area (Å²) in [6.45, 7) is 6.14. The van der Waals surface area contributed by atoms with E-state index in [4.69, 9.17) is 5.73 Å². The lowest BCUT2D eigenvalue weighted by atomic mass is 10.1. The highest BCUT2D eigenvalue weighted by Gasteiger charge is 2.12. The molecule has 0 radical (unpaired) electrons. The van der Waals surface area contributed by atoms with Gasteiger partial charge in [-0.05, 0) is 71.6 Å². The van der Waals surface area contributed by atoms with Crippen molar-refractivity contribution >= 4 is 32.7 Å². The van der Waals surface area contributed by atoms with Crippen molar-refractivity contribution in [3.63, 3.8) is 0 Å². The van der Waals surface area contributed by atoms with Gasteiger partial charge in [0.15, 0.2) is 0 Å². The van der Waals surface area contributed by atoms with Crippen molar-refractivity contribution < 1.29 is 0 Å². The number of nitrogens with zero attached hydrogens (tertiary/aromatic N) is 3. The molecule has 0 saturated carbocycles. The van der Waals surface area contributed by atoms with Gasteiger partial charge in [0, 0.05) is 0 Å². The Labute approximate surface area is 125 Å². The smallest absolute Gasteiger partial charge is 0.129 e. The summed E-state index contributed by atoms with van der Waals surface area (Å²) in [4.78, 5) is 1.65. The first-order valence-electron chi connectivity index (χ1n) is 6.36. The molecule has 0 spiro atoms. The Morgan fingerprint density at radius 1 is 1.00 bits per heavy atom. The Kier molecular flexibility index (Phi) is 3.01. The normalized spacial score (nSPS) is 11.2. The quantitative estimate of drug-likeness (QED) is 0.692. The van der Waals surface area contributed by atoms with Gasteiger partial charge in [-0.1, -0.05) is 6.07 Å². The lowest BCUT2D eigenvalue weighted by Crippen LogP contribution is -1.99. The van der Waals surface area contributed by atoms with E-state index in [2.05, 4.69) is 52.1 Å². The average Bonchev–Trinajstić information content (AvgIpc) is 2.83. The van der Waals surface area contributed by atoms with E-state index in [1.807, 2.05) is 19.1 Å². The number of rotatable bonds is 1. The molecule has 0 fully saturated rings. The molecule has 3 rings (SSSR count). The number of aromatic nitrogens is 3. The zero-order valence-electron chi connectivity index (χ0n) is 11.6. The van der Waals surface area contributed by atoms with Gasteiger partial charge in [0.25, 0.3) is 0 Å². The highest BCUT2D eigenvalue weighted by molar-refractivity contribution is 9.10. The molecule has 0 amide bonds. The summed E-state index contributed by atoms with van der Waals surface area (Å²) in [5.74, 6) is 0. The maximum Gasteiger partial charge on any atom is 0.129 e. The van der Waals surface area contributed by atoms with E-state index in [9.17, 15) is 0 Å². The van der Waals surface area contributed by atoms with Crippen molar-refractivity contribution in [3.05, 3.63) is 45.4 Å². The molecule has 102 valence electrons. The summed E-state index contributed by atoms with van der Waals surface area (Å²) in [6, 6.07) is 8.14. The summed E-state index contributed by atoms with van der Waals surface area (Å²) < 4.78 is 0.808. The third kappa shape index (κ3) is 1.98. The van der Waals surface area contributed by atoms with Crippen LogP contribution in [0.25, 0.3) is 16.7 Å². The Hall–Kier alpha value is -1.88. The Morgan fingerprint density at radius 2 is 1.75 bits per heavy atom. The molecule has 0 aliphatic heterocycles. The molecule has 3 aromatic rings. The Balaban J connectivity index is 2.23. The molecule has 0 saturated heterocycles. The maximum absolute atomic E-state index is 6.02. The van der Waals surface area contributed by atoms with Gasteiger partial charge in [-0.2, -0.15) is 4.80 Å². The van der Waals surface area contributed by atoms with Gasteiger partial charge in [-0.15, -0.1) is 10.2 Å². The molecule has 0 unspecified atom stereocenters. The first-order chi connectivity index (χ1) is 9.47. The minimum atomic E-state index is 0.713. The van der Waals surface area contributed by atoms with Crippen molar-refractivity contribution in [3.8, 4) is 5.69 Å². The molecule has 1 aromatic heterocycles. The number of hydrogen-bond donors (Lipinski definition) is 1. The zero-order valence-corrected chi connectivity index (χ0v) is 13.2. The summed E-state index contributed by atoms with van der Waals surface area (Å²) in [6.07, 6.45) is 0. The molecule has 4 nitrogen and oxygen atoms in total. The fourth-order valence-corrected chi connectivity index (χ4v) is 2.72. The van der Waals surface area contributed by atoms with Crippen LogP contribution in [-0.2, 0) is 0 Å². The zero-order chi connectivity index (χ0) is 14.4. The number of hydrogen-bond acceptors (Lipinski definition) is 3.